The normalized spacial score (nSPS) is 13.5. The van der Waals surface area contributed by atoms with E-state index < -0.39 is 15.9 Å². The lowest BCUT2D eigenvalue weighted by Crippen LogP contribution is -1.91. The molecule has 0 radical (unpaired) electrons. The highest BCUT2D eigenvalue weighted by Crippen LogP contribution is 2.38. The van der Waals surface area contributed by atoms with Gasteiger partial charge in [-0.2, -0.15) is 0 Å². The van der Waals surface area contributed by atoms with E-state index >= 15 is 0 Å². The summed E-state index contributed by atoms with van der Waals surface area (Å²) in [5, 5.41) is 0. The molecule has 0 aliphatic carbocycles. The fourth-order valence-electron chi connectivity index (χ4n) is 3.51. The van der Waals surface area contributed by atoms with E-state index in [2.05, 4.69) is 6.92 Å². The van der Waals surface area contributed by atoms with Gasteiger partial charge in [0.05, 0.1) is 0 Å². The SMILES string of the molecule is CCCCCCCCCCCCO[P+](=O)Oc1ccc(/C=C/c2ccc(OP(C)(=O)O)cc2)cc1. The fourth-order valence-corrected chi connectivity index (χ4v) is 4.65. The van der Waals surface area contributed by atoms with E-state index in [9.17, 15) is 14.0 Å². The van der Waals surface area contributed by atoms with Crippen LogP contribution in [0.15, 0.2) is 48.5 Å². The van der Waals surface area contributed by atoms with Gasteiger partial charge in [-0.25, -0.2) is 9.09 Å². The maximum Gasteiger partial charge on any atom is 0.750 e. The lowest BCUT2D eigenvalue weighted by Gasteiger charge is -2.08. The van der Waals surface area contributed by atoms with Gasteiger partial charge in [0.2, 0.25) is 0 Å². The summed E-state index contributed by atoms with van der Waals surface area (Å²) in [6.45, 7) is 3.84. The van der Waals surface area contributed by atoms with Gasteiger partial charge in [0.25, 0.3) is 0 Å². The lowest BCUT2D eigenvalue weighted by atomic mass is 10.1. The molecule has 2 aromatic carbocycles. The van der Waals surface area contributed by atoms with Crippen molar-refractivity contribution in [1.29, 1.82) is 0 Å². The molecule has 1 N–H and O–H groups in total. The highest BCUT2D eigenvalue weighted by molar-refractivity contribution is 7.52. The average Bonchev–Trinajstić information content (AvgIpc) is 2.82. The summed E-state index contributed by atoms with van der Waals surface area (Å²) in [6, 6.07) is 14.2. The van der Waals surface area contributed by atoms with Crippen LogP contribution in [0.5, 0.6) is 11.5 Å². The third-order valence-electron chi connectivity index (χ3n) is 5.38. The molecular formula is C27H39O6P2+. The first-order chi connectivity index (χ1) is 16.9. The van der Waals surface area contributed by atoms with E-state index in [1.54, 1.807) is 36.4 Å². The Hall–Kier alpha value is -1.97. The van der Waals surface area contributed by atoms with Crippen molar-refractivity contribution in [2.45, 2.75) is 71.1 Å². The molecule has 0 amide bonds. The van der Waals surface area contributed by atoms with E-state index in [0.717, 1.165) is 30.6 Å². The Morgan fingerprint density at radius 1 is 0.771 bits per heavy atom. The summed E-state index contributed by atoms with van der Waals surface area (Å²) in [5.41, 5.74) is 1.87. The summed E-state index contributed by atoms with van der Waals surface area (Å²) < 4.78 is 39.0. The van der Waals surface area contributed by atoms with E-state index in [4.69, 9.17) is 13.6 Å². The van der Waals surface area contributed by atoms with Gasteiger partial charge in [0.15, 0.2) is 5.75 Å². The molecule has 0 heterocycles. The molecule has 8 heteroatoms. The predicted molar refractivity (Wildman–Crippen MR) is 144 cm³/mol. The summed E-state index contributed by atoms with van der Waals surface area (Å²) in [6.07, 6.45) is 16.3. The van der Waals surface area contributed by atoms with Crippen LogP contribution < -0.4 is 9.05 Å². The second-order valence-corrected chi connectivity index (χ2v) is 11.4. The number of benzene rings is 2. The maximum absolute atomic E-state index is 12.0. The predicted octanol–water partition coefficient (Wildman–Crippen LogP) is 9.02. The minimum atomic E-state index is -3.56. The minimum Gasteiger partial charge on any atom is -0.425 e. The van der Waals surface area contributed by atoms with Gasteiger partial charge in [-0.3, -0.25) is 0 Å². The molecule has 2 aromatic rings. The number of rotatable bonds is 18. The van der Waals surface area contributed by atoms with Gasteiger partial charge in [0.1, 0.15) is 12.4 Å². The Balaban J connectivity index is 1.61. The number of unbranched alkanes of at least 4 members (excludes halogenated alkanes) is 9. The molecule has 0 bridgehead atoms. The molecular weight excluding hydrogens is 482 g/mol. The number of hydrogen-bond acceptors (Lipinski definition) is 5. The van der Waals surface area contributed by atoms with Crippen molar-refractivity contribution in [3.05, 3.63) is 59.7 Å². The second-order valence-electron chi connectivity index (χ2n) is 8.70. The summed E-state index contributed by atoms with van der Waals surface area (Å²) in [4.78, 5) is 9.27. The van der Waals surface area contributed by atoms with Crippen LogP contribution in [0.4, 0.5) is 0 Å². The molecule has 0 spiro atoms. The van der Waals surface area contributed by atoms with Crippen LogP contribution >= 0.6 is 15.9 Å². The highest BCUT2D eigenvalue weighted by atomic mass is 31.2. The van der Waals surface area contributed by atoms with Crippen molar-refractivity contribution in [2.24, 2.45) is 0 Å². The molecule has 35 heavy (non-hydrogen) atoms. The topological polar surface area (TPSA) is 82.1 Å². The van der Waals surface area contributed by atoms with Crippen molar-refractivity contribution in [1.82, 2.24) is 0 Å². The van der Waals surface area contributed by atoms with Crippen molar-refractivity contribution in [3.8, 4) is 11.5 Å². The maximum atomic E-state index is 12.0. The minimum absolute atomic E-state index is 0.349. The molecule has 2 rings (SSSR count). The first kappa shape index (κ1) is 29.3. The van der Waals surface area contributed by atoms with Gasteiger partial charge < -0.3 is 9.42 Å². The van der Waals surface area contributed by atoms with E-state index in [1.807, 2.05) is 24.3 Å². The van der Waals surface area contributed by atoms with E-state index in [0.29, 0.717) is 18.1 Å². The highest BCUT2D eigenvalue weighted by Gasteiger charge is 2.21. The van der Waals surface area contributed by atoms with Crippen LogP contribution in [0.3, 0.4) is 0 Å². The molecule has 0 fully saturated rings. The van der Waals surface area contributed by atoms with E-state index in [-0.39, 0.29) is 0 Å². The van der Waals surface area contributed by atoms with E-state index in [1.165, 1.54) is 51.4 Å². The first-order valence-corrected chi connectivity index (χ1v) is 15.6. The summed E-state index contributed by atoms with van der Waals surface area (Å²) in [7, 11) is -5.74. The molecule has 0 aromatic heterocycles. The monoisotopic (exact) mass is 521 g/mol. The molecule has 2 unspecified atom stereocenters. The Kier molecular flexibility index (Phi) is 13.9. The smallest absolute Gasteiger partial charge is 0.425 e. The van der Waals surface area contributed by atoms with Crippen LogP contribution in [0.1, 0.15) is 82.3 Å². The first-order valence-electron chi connectivity index (χ1n) is 12.5. The number of hydrogen-bond donors (Lipinski definition) is 1. The van der Waals surface area contributed by atoms with Crippen LogP contribution in [0.2, 0.25) is 0 Å². The summed E-state index contributed by atoms with van der Waals surface area (Å²) in [5.74, 6) is 0.849. The Bertz CT molecular complexity index is 935. The molecule has 0 aliphatic heterocycles. The summed E-state index contributed by atoms with van der Waals surface area (Å²) >= 11 is 0. The lowest BCUT2D eigenvalue weighted by molar-refractivity contribution is 0.277. The van der Waals surface area contributed by atoms with Crippen LogP contribution in [0, 0.1) is 0 Å². The molecule has 0 saturated heterocycles. The van der Waals surface area contributed by atoms with Gasteiger partial charge in [-0.15, -0.1) is 4.52 Å². The van der Waals surface area contributed by atoms with Gasteiger partial charge >= 0.3 is 15.9 Å². The zero-order valence-corrected chi connectivity index (χ0v) is 22.7. The van der Waals surface area contributed by atoms with Crippen LogP contribution in [-0.4, -0.2) is 18.2 Å². The zero-order chi connectivity index (χ0) is 25.4. The van der Waals surface area contributed by atoms with Gasteiger partial charge in [-0.05, 0) is 41.8 Å². The molecule has 192 valence electrons. The largest absolute Gasteiger partial charge is 0.750 e. The fraction of sp³-hybridized carbons (Fsp3) is 0.481. The standard InChI is InChI=1S/C27H38O6P2/c1-3-4-5-6-7-8-9-10-11-12-23-31-34(28)32-26-19-15-24(16-20-26)13-14-25-17-21-27(22-18-25)33-35(2,29)30/h13-22H,3-12,23H2,1-2H3/p+1/b14-13+. The Labute approximate surface area is 211 Å². The average molecular weight is 522 g/mol. The van der Waals surface area contributed by atoms with Crippen molar-refractivity contribution in [2.75, 3.05) is 13.3 Å². The van der Waals surface area contributed by atoms with Crippen molar-refractivity contribution in [3.63, 3.8) is 0 Å². The van der Waals surface area contributed by atoms with Crippen molar-refractivity contribution < 1.29 is 27.6 Å². The molecule has 2 atom stereocenters. The van der Waals surface area contributed by atoms with Crippen LogP contribution in [0.25, 0.3) is 12.2 Å². The molecule has 0 aliphatic rings. The molecule has 0 saturated carbocycles. The Morgan fingerprint density at radius 2 is 1.23 bits per heavy atom. The third-order valence-corrected chi connectivity index (χ3v) is 6.68. The quantitative estimate of drug-likeness (QED) is 0.120. The van der Waals surface area contributed by atoms with Gasteiger partial charge in [0, 0.05) is 11.2 Å². The third kappa shape index (κ3) is 14.2. The van der Waals surface area contributed by atoms with Crippen LogP contribution in [-0.2, 0) is 13.7 Å². The van der Waals surface area contributed by atoms with Crippen molar-refractivity contribution >= 4 is 28.0 Å². The molecule has 6 nitrogen and oxygen atoms in total. The zero-order valence-electron chi connectivity index (χ0n) is 20.9. The van der Waals surface area contributed by atoms with Gasteiger partial charge in [-0.1, -0.05) is 101 Å². The Morgan fingerprint density at radius 3 is 1.71 bits per heavy atom. The second kappa shape index (κ2) is 16.7.